The number of ether oxygens (including phenoxy) is 2. The predicted octanol–water partition coefficient (Wildman–Crippen LogP) is 4.42. The highest BCUT2D eigenvalue weighted by molar-refractivity contribution is 6.01. The first kappa shape index (κ1) is 30.5. The summed E-state index contributed by atoms with van der Waals surface area (Å²) < 4.78 is 13.3. The summed E-state index contributed by atoms with van der Waals surface area (Å²) in [6, 6.07) is 15.8. The van der Waals surface area contributed by atoms with Crippen molar-refractivity contribution in [3.63, 3.8) is 0 Å². The number of fused-ring (bicyclic) bond motifs is 7. The minimum Gasteiger partial charge on any atom is -0.393 e. The fourth-order valence-corrected chi connectivity index (χ4v) is 9.87. The first-order valence-electron chi connectivity index (χ1n) is 16.1. The number of hydrogen-bond donors (Lipinski definition) is 3. The van der Waals surface area contributed by atoms with E-state index in [1.54, 1.807) is 12.2 Å². The van der Waals surface area contributed by atoms with Crippen molar-refractivity contribution in [2.45, 2.75) is 76.8 Å². The van der Waals surface area contributed by atoms with Crippen LogP contribution < -0.4 is 4.90 Å². The third-order valence-corrected chi connectivity index (χ3v) is 12.0. The summed E-state index contributed by atoms with van der Waals surface area (Å²) in [6.45, 7) is 4.19. The van der Waals surface area contributed by atoms with Crippen molar-refractivity contribution >= 4 is 17.3 Å². The molecule has 9 atom stereocenters. The number of rotatable bonds is 7. The Hall–Kier alpha value is -3.14. The molecule has 3 N–H and O–H groups in total. The number of allylic oxidation sites excluding steroid dienone is 4. The highest BCUT2D eigenvalue weighted by Gasteiger charge is 2.75. The summed E-state index contributed by atoms with van der Waals surface area (Å²) in [5, 5.41) is 31.6. The lowest BCUT2D eigenvalue weighted by Gasteiger charge is -2.59. The Morgan fingerprint density at radius 1 is 1.09 bits per heavy atom. The second kappa shape index (κ2) is 11.0. The minimum atomic E-state index is -1.37. The number of hydrogen-bond acceptors (Lipinski definition) is 8. The van der Waals surface area contributed by atoms with E-state index in [1.807, 2.05) is 61.7 Å². The zero-order valence-corrected chi connectivity index (χ0v) is 26.2. The van der Waals surface area contributed by atoms with Crippen LogP contribution in [0.3, 0.4) is 0 Å². The number of carbonyl (C=O) groups is 2. The highest BCUT2D eigenvalue weighted by atomic mass is 16.7. The lowest BCUT2D eigenvalue weighted by molar-refractivity contribution is -0.201. The molecule has 2 aromatic carbocycles. The van der Waals surface area contributed by atoms with E-state index in [4.69, 9.17) is 9.47 Å². The molecule has 4 aliphatic carbocycles. The van der Waals surface area contributed by atoms with Crippen molar-refractivity contribution in [1.29, 1.82) is 0 Å². The lowest BCUT2D eigenvalue weighted by atomic mass is 9.46. The van der Waals surface area contributed by atoms with Crippen molar-refractivity contribution in [3.05, 3.63) is 89.0 Å². The third-order valence-electron chi connectivity index (χ3n) is 12.0. The summed E-state index contributed by atoms with van der Waals surface area (Å²) in [5.74, 6) is -0.293. The van der Waals surface area contributed by atoms with E-state index in [0.717, 1.165) is 40.8 Å². The van der Waals surface area contributed by atoms with Gasteiger partial charge in [0.25, 0.3) is 0 Å². The topological polar surface area (TPSA) is 117 Å². The molecule has 45 heavy (non-hydrogen) atoms. The largest absolute Gasteiger partial charge is 0.393 e. The number of benzene rings is 2. The molecule has 4 fully saturated rings. The Kier molecular flexibility index (Phi) is 7.45. The molecule has 0 radical (unpaired) electrons. The van der Waals surface area contributed by atoms with Crippen LogP contribution >= 0.6 is 0 Å². The zero-order chi connectivity index (χ0) is 31.7. The van der Waals surface area contributed by atoms with Crippen LogP contribution in [-0.2, 0) is 32.2 Å². The molecule has 3 saturated carbocycles. The first-order chi connectivity index (χ1) is 21.5. The molecule has 2 aromatic rings. The fourth-order valence-electron chi connectivity index (χ4n) is 9.87. The Balaban J connectivity index is 1.14. The molecule has 1 aliphatic heterocycles. The molecular weight excluding hydrogens is 570 g/mol. The van der Waals surface area contributed by atoms with Crippen LogP contribution in [0.2, 0.25) is 0 Å². The van der Waals surface area contributed by atoms with E-state index in [-0.39, 0.29) is 35.9 Å². The van der Waals surface area contributed by atoms with Gasteiger partial charge in [0.15, 0.2) is 23.5 Å². The van der Waals surface area contributed by atoms with Crippen LogP contribution in [0.15, 0.2) is 72.3 Å². The van der Waals surface area contributed by atoms with Crippen molar-refractivity contribution in [3.8, 4) is 0 Å². The van der Waals surface area contributed by atoms with Gasteiger partial charge in [0, 0.05) is 41.6 Å². The highest BCUT2D eigenvalue weighted by Crippen LogP contribution is 2.70. The van der Waals surface area contributed by atoms with Crippen LogP contribution in [0.1, 0.15) is 62.5 Å². The van der Waals surface area contributed by atoms with Gasteiger partial charge >= 0.3 is 0 Å². The number of aliphatic hydroxyl groups is 3. The van der Waals surface area contributed by atoms with Crippen molar-refractivity contribution in [2.75, 3.05) is 18.6 Å². The Morgan fingerprint density at radius 2 is 1.87 bits per heavy atom. The van der Waals surface area contributed by atoms with Gasteiger partial charge in [0.2, 0.25) is 0 Å². The monoisotopic (exact) mass is 613 g/mol. The molecule has 0 aromatic heterocycles. The van der Waals surface area contributed by atoms with Crippen molar-refractivity contribution < 1.29 is 34.4 Å². The molecule has 1 heterocycles. The Bertz CT molecular complexity index is 1570. The van der Waals surface area contributed by atoms with Crippen molar-refractivity contribution in [1.82, 2.24) is 0 Å². The minimum absolute atomic E-state index is 0.000292. The number of carbonyl (C=O) groups excluding carboxylic acids is 2. The van der Waals surface area contributed by atoms with Crippen LogP contribution in [0.5, 0.6) is 0 Å². The standard InChI is InChI=1S/C37H43NO7/c1-35-14-13-27(41)16-25(35)11-12-28-29-17-32-37(31(43)21-40,36(29,2)18-30(42)33(28)35)45-34(44-32)24-9-7-22(8-10-24)19-38(3)26-6-4-5-23(15-26)20-39/h4-10,13-16,28-30,32-34,39-40,42H,11-12,17-21H2,1-3H3/t28-,29-,30-,32+,33+,34+,35-,36-,37+/m0/s1. The molecule has 7 rings (SSSR count). The molecule has 0 unspecified atom stereocenters. The van der Waals surface area contributed by atoms with E-state index >= 15 is 0 Å². The van der Waals surface area contributed by atoms with Crippen LogP contribution in [0.25, 0.3) is 0 Å². The van der Waals surface area contributed by atoms with E-state index in [0.29, 0.717) is 19.4 Å². The Labute approximate surface area is 264 Å². The summed E-state index contributed by atoms with van der Waals surface area (Å²) >= 11 is 0. The quantitative estimate of drug-likeness (QED) is 0.421. The van der Waals surface area contributed by atoms with Gasteiger partial charge < -0.3 is 29.7 Å². The number of ketones is 2. The average molecular weight is 614 g/mol. The van der Waals surface area contributed by atoms with Gasteiger partial charge in [0.1, 0.15) is 6.61 Å². The second-order valence-electron chi connectivity index (χ2n) is 14.3. The SMILES string of the molecule is CN(Cc1ccc([C@@H]2O[C@@H]3C[C@H]4[C@@H]5CCC6=CC(=O)C=C[C@]6(C)[C@H]5[C@@H](O)C[C@]4(C)[C@]3(C(=O)CO)O2)cc1)c1cccc(CO)c1. The van der Waals surface area contributed by atoms with Crippen LogP contribution in [0.4, 0.5) is 5.69 Å². The fraction of sp³-hybridized carbons (Fsp3) is 0.514. The third kappa shape index (κ3) is 4.52. The molecule has 0 bridgehead atoms. The van der Waals surface area contributed by atoms with Gasteiger partial charge in [-0.25, -0.2) is 0 Å². The summed E-state index contributed by atoms with van der Waals surface area (Å²) in [7, 11) is 2.01. The van der Waals surface area contributed by atoms with E-state index in [9.17, 15) is 24.9 Å². The molecule has 1 saturated heterocycles. The summed E-state index contributed by atoms with van der Waals surface area (Å²) in [4.78, 5) is 28.1. The molecule has 238 valence electrons. The molecule has 8 nitrogen and oxygen atoms in total. The van der Waals surface area contributed by atoms with E-state index < -0.39 is 41.5 Å². The molecule has 5 aliphatic rings. The van der Waals surface area contributed by atoms with E-state index in [2.05, 4.69) is 18.7 Å². The maximum atomic E-state index is 13.8. The number of aliphatic hydroxyl groups excluding tert-OH is 3. The van der Waals surface area contributed by atoms with Gasteiger partial charge in [-0.2, -0.15) is 0 Å². The lowest BCUT2D eigenvalue weighted by Crippen LogP contribution is -2.63. The molecule has 0 amide bonds. The van der Waals surface area contributed by atoms with Gasteiger partial charge in [-0.05, 0) is 72.9 Å². The molecule has 8 heteroatoms. The van der Waals surface area contributed by atoms with Gasteiger partial charge in [-0.3, -0.25) is 9.59 Å². The summed E-state index contributed by atoms with van der Waals surface area (Å²) in [6.07, 6.45) is 5.90. The second-order valence-corrected chi connectivity index (χ2v) is 14.3. The average Bonchev–Trinajstić information content (AvgIpc) is 3.54. The van der Waals surface area contributed by atoms with Gasteiger partial charge in [-0.1, -0.05) is 61.9 Å². The Morgan fingerprint density at radius 3 is 2.60 bits per heavy atom. The normalized spacial score (nSPS) is 38.2. The number of Topliss-reactive ketones (excluding diaryl/α,β-unsaturated/α-hetero) is 1. The van der Waals surface area contributed by atoms with Crippen LogP contribution in [-0.4, -0.2) is 58.3 Å². The van der Waals surface area contributed by atoms with E-state index in [1.165, 1.54) is 0 Å². The van der Waals surface area contributed by atoms with Gasteiger partial charge in [-0.15, -0.1) is 0 Å². The number of anilines is 1. The number of nitrogens with zero attached hydrogens (tertiary/aromatic N) is 1. The molecular formula is C37H43NO7. The van der Waals surface area contributed by atoms with Crippen molar-refractivity contribution in [2.24, 2.45) is 28.6 Å². The summed E-state index contributed by atoms with van der Waals surface area (Å²) in [5.41, 5.74) is 2.33. The maximum Gasteiger partial charge on any atom is 0.193 e. The molecule has 0 spiro atoms. The first-order valence-corrected chi connectivity index (χ1v) is 16.1. The van der Waals surface area contributed by atoms with Gasteiger partial charge in [0.05, 0.1) is 18.8 Å². The maximum absolute atomic E-state index is 13.8. The smallest absolute Gasteiger partial charge is 0.193 e. The zero-order valence-electron chi connectivity index (χ0n) is 26.2. The predicted molar refractivity (Wildman–Crippen MR) is 168 cm³/mol. The van der Waals surface area contributed by atoms with Crippen LogP contribution in [0, 0.1) is 28.6 Å².